The molecule has 0 aliphatic rings. The van der Waals surface area contributed by atoms with Gasteiger partial charge in [-0.2, -0.15) is 0 Å². The number of rotatable bonds is 4. The van der Waals surface area contributed by atoms with Crippen LogP contribution in [0.25, 0.3) is 0 Å². The fraction of sp³-hybridized carbons (Fsp3) is 0.462. The zero-order valence-corrected chi connectivity index (χ0v) is 9.76. The number of hydrogen-bond donors (Lipinski definition) is 1. The molecule has 0 atom stereocenters. The normalized spacial score (nSPS) is 10.3. The van der Waals surface area contributed by atoms with Crippen molar-refractivity contribution < 1.29 is 4.79 Å². The molecule has 0 bridgehead atoms. The number of nitrogens with two attached hydrogens (primary N) is 1. The molecule has 0 fully saturated rings. The van der Waals surface area contributed by atoms with Gasteiger partial charge in [0.05, 0.1) is 0 Å². The van der Waals surface area contributed by atoms with E-state index in [-0.39, 0.29) is 0 Å². The number of carbonyl (C=O) groups excluding carboxylic acids is 1. The van der Waals surface area contributed by atoms with Crippen molar-refractivity contribution in [2.75, 3.05) is 5.73 Å². The van der Waals surface area contributed by atoms with Gasteiger partial charge in [0.1, 0.15) is 0 Å². The molecule has 15 heavy (non-hydrogen) atoms. The van der Waals surface area contributed by atoms with Crippen LogP contribution in [0.1, 0.15) is 47.8 Å². The summed E-state index contributed by atoms with van der Waals surface area (Å²) < 4.78 is 0. The first-order valence-electron chi connectivity index (χ1n) is 5.57. The van der Waals surface area contributed by atoms with E-state index in [0.717, 1.165) is 31.1 Å². The average molecular weight is 205 g/mol. The van der Waals surface area contributed by atoms with Gasteiger partial charge >= 0.3 is 0 Å². The molecule has 0 saturated carbocycles. The van der Waals surface area contributed by atoms with Gasteiger partial charge in [-0.3, -0.25) is 4.79 Å². The smallest absolute Gasteiger partial charge is 0.152 e. The van der Waals surface area contributed by atoms with Gasteiger partial charge in [0.25, 0.3) is 0 Å². The van der Waals surface area contributed by atoms with Crippen LogP contribution >= 0.6 is 0 Å². The molecule has 82 valence electrons. The third-order valence-electron chi connectivity index (χ3n) is 2.93. The van der Waals surface area contributed by atoms with Gasteiger partial charge in [0.2, 0.25) is 0 Å². The van der Waals surface area contributed by atoms with Crippen molar-refractivity contribution in [3.8, 4) is 0 Å². The van der Waals surface area contributed by atoms with Crippen molar-refractivity contribution in [3.05, 3.63) is 28.3 Å². The van der Waals surface area contributed by atoms with Crippen LogP contribution in [-0.2, 0) is 19.3 Å². The first kappa shape index (κ1) is 11.8. The summed E-state index contributed by atoms with van der Waals surface area (Å²) in [5.74, 6) is 0. The van der Waals surface area contributed by atoms with E-state index < -0.39 is 0 Å². The SMILES string of the molecule is CCc1cc(C=O)c(N)c(CC)c1CC. The molecule has 2 nitrogen and oxygen atoms in total. The lowest BCUT2D eigenvalue weighted by atomic mass is 9.91. The molecule has 0 heterocycles. The van der Waals surface area contributed by atoms with Crippen molar-refractivity contribution >= 4 is 12.0 Å². The fourth-order valence-corrected chi connectivity index (χ4v) is 2.14. The number of nitrogen functional groups attached to an aromatic ring is 1. The molecule has 0 aliphatic heterocycles. The van der Waals surface area contributed by atoms with Crippen molar-refractivity contribution in [3.63, 3.8) is 0 Å². The second-order valence-electron chi connectivity index (χ2n) is 3.67. The molecule has 0 saturated heterocycles. The summed E-state index contributed by atoms with van der Waals surface area (Å²) >= 11 is 0. The van der Waals surface area contributed by atoms with E-state index in [9.17, 15) is 4.79 Å². The van der Waals surface area contributed by atoms with Crippen LogP contribution in [0.2, 0.25) is 0 Å². The van der Waals surface area contributed by atoms with Gasteiger partial charge in [0.15, 0.2) is 6.29 Å². The third-order valence-corrected chi connectivity index (χ3v) is 2.93. The summed E-state index contributed by atoms with van der Waals surface area (Å²) in [5, 5.41) is 0. The van der Waals surface area contributed by atoms with E-state index in [2.05, 4.69) is 20.8 Å². The lowest BCUT2D eigenvalue weighted by molar-refractivity contribution is 0.112. The Bertz CT molecular complexity index is 369. The molecule has 1 aromatic rings. The van der Waals surface area contributed by atoms with Crippen molar-refractivity contribution in [1.29, 1.82) is 0 Å². The highest BCUT2D eigenvalue weighted by molar-refractivity contribution is 5.85. The van der Waals surface area contributed by atoms with Gasteiger partial charge in [0, 0.05) is 11.3 Å². The molecule has 2 heteroatoms. The van der Waals surface area contributed by atoms with Crippen LogP contribution in [0, 0.1) is 0 Å². The van der Waals surface area contributed by atoms with Crippen LogP contribution in [0.5, 0.6) is 0 Å². The fourth-order valence-electron chi connectivity index (χ4n) is 2.14. The number of hydrogen-bond acceptors (Lipinski definition) is 2. The number of aldehydes is 1. The van der Waals surface area contributed by atoms with E-state index in [4.69, 9.17) is 5.73 Å². The van der Waals surface area contributed by atoms with Gasteiger partial charge in [-0.1, -0.05) is 20.8 Å². The number of aryl methyl sites for hydroxylation is 1. The van der Waals surface area contributed by atoms with Gasteiger partial charge in [-0.05, 0) is 42.0 Å². The maximum absolute atomic E-state index is 10.9. The van der Waals surface area contributed by atoms with E-state index in [0.29, 0.717) is 11.3 Å². The van der Waals surface area contributed by atoms with Crippen LogP contribution in [-0.4, -0.2) is 6.29 Å². The topological polar surface area (TPSA) is 43.1 Å². The zero-order chi connectivity index (χ0) is 11.4. The minimum absolute atomic E-state index is 0.640. The predicted octanol–water partition coefficient (Wildman–Crippen LogP) is 2.77. The molecule has 1 rings (SSSR count). The summed E-state index contributed by atoms with van der Waals surface area (Å²) in [6.07, 6.45) is 3.68. The molecule has 0 amide bonds. The first-order valence-corrected chi connectivity index (χ1v) is 5.57. The highest BCUT2D eigenvalue weighted by atomic mass is 16.1. The maximum atomic E-state index is 10.9. The van der Waals surface area contributed by atoms with Crippen LogP contribution < -0.4 is 5.73 Å². The molecule has 2 N–H and O–H groups in total. The highest BCUT2D eigenvalue weighted by Crippen LogP contribution is 2.26. The molecular weight excluding hydrogens is 186 g/mol. The highest BCUT2D eigenvalue weighted by Gasteiger charge is 2.12. The van der Waals surface area contributed by atoms with Gasteiger partial charge in [-0.25, -0.2) is 0 Å². The Hall–Kier alpha value is -1.31. The Morgan fingerprint density at radius 1 is 1.13 bits per heavy atom. The molecule has 0 unspecified atom stereocenters. The van der Waals surface area contributed by atoms with Gasteiger partial charge in [-0.15, -0.1) is 0 Å². The number of benzene rings is 1. The lowest BCUT2D eigenvalue weighted by Crippen LogP contribution is -2.06. The van der Waals surface area contributed by atoms with E-state index >= 15 is 0 Å². The van der Waals surface area contributed by atoms with E-state index in [1.54, 1.807) is 0 Å². The number of carbonyl (C=O) groups is 1. The molecule has 0 radical (unpaired) electrons. The Kier molecular flexibility index (Phi) is 3.89. The lowest BCUT2D eigenvalue weighted by Gasteiger charge is -2.15. The monoisotopic (exact) mass is 205 g/mol. The zero-order valence-electron chi connectivity index (χ0n) is 9.76. The maximum Gasteiger partial charge on any atom is 0.152 e. The summed E-state index contributed by atoms with van der Waals surface area (Å²) in [6, 6.07) is 1.93. The second kappa shape index (κ2) is 4.96. The van der Waals surface area contributed by atoms with E-state index in [1.165, 1.54) is 11.1 Å². The minimum atomic E-state index is 0.640. The summed E-state index contributed by atoms with van der Waals surface area (Å²) in [5.41, 5.74) is 11.0. The molecule has 0 aromatic heterocycles. The predicted molar refractivity (Wildman–Crippen MR) is 64.4 cm³/mol. The molecule has 1 aromatic carbocycles. The Morgan fingerprint density at radius 2 is 1.73 bits per heavy atom. The Labute approximate surface area is 91.5 Å². The summed E-state index contributed by atoms with van der Waals surface area (Å²) in [4.78, 5) is 10.9. The van der Waals surface area contributed by atoms with E-state index in [1.807, 2.05) is 6.07 Å². The van der Waals surface area contributed by atoms with Crippen molar-refractivity contribution in [1.82, 2.24) is 0 Å². The average Bonchev–Trinajstić information content (AvgIpc) is 2.28. The molecule has 0 aliphatic carbocycles. The molecular formula is C13H19NO. The Balaban J connectivity index is 3.49. The van der Waals surface area contributed by atoms with Crippen molar-refractivity contribution in [2.45, 2.75) is 40.0 Å². The quantitative estimate of drug-likeness (QED) is 0.606. The first-order chi connectivity index (χ1) is 7.19. The molecule has 0 spiro atoms. The van der Waals surface area contributed by atoms with Crippen molar-refractivity contribution in [2.24, 2.45) is 0 Å². The number of anilines is 1. The van der Waals surface area contributed by atoms with Gasteiger partial charge < -0.3 is 5.73 Å². The van der Waals surface area contributed by atoms with Crippen LogP contribution in [0.4, 0.5) is 5.69 Å². The second-order valence-corrected chi connectivity index (χ2v) is 3.67. The minimum Gasteiger partial charge on any atom is -0.398 e. The standard InChI is InChI=1S/C13H19NO/c1-4-9-7-10(8-15)13(14)12(6-3)11(9)5-2/h7-8H,4-6,14H2,1-3H3. The summed E-state index contributed by atoms with van der Waals surface area (Å²) in [7, 11) is 0. The largest absolute Gasteiger partial charge is 0.398 e. The Morgan fingerprint density at radius 3 is 2.13 bits per heavy atom. The van der Waals surface area contributed by atoms with Crippen LogP contribution in [0.15, 0.2) is 6.07 Å². The van der Waals surface area contributed by atoms with Crippen LogP contribution in [0.3, 0.4) is 0 Å². The third kappa shape index (κ3) is 2.04. The summed E-state index contributed by atoms with van der Waals surface area (Å²) in [6.45, 7) is 6.32.